The predicted octanol–water partition coefficient (Wildman–Crippen LogP) is 4.08. The minimum Gasteiger partial charge on any atom is -0.327 e. The molecule has 0 bridgehead atoms. The van der Waals surface area contributed by atoms with Gasteiger partial charge in [-0.3, -0.25) is 0 Å². The van der Waals surface area contributed by atoms with Gasteiger partial charge in [0.15, 0.2) is 0 Å². The summed E-state index contributed by atoms with van der Waals surface area (Å²) in [6, 6.07) is 9.32. The average molecular weight is 245 g/mol. The van der Waals surface area contributed by atoms with Crippen LogP contribution in [0.4, 0.5) is 0 Å². The zero-order valence-electron chi connectivity index (χ0n) is 11.9. The van der Waals surface area contributed by atoms with Crippen LogP contribution in [0.1, 0.15) is 50.2 Å². The van der Waals surface area contributed by atoms with Crippen LogP contribution in [0.15, 0.2) is 24.3 Å². The minimum absolute atomic E-state index is 0.415. The second kappa shape index (κ2) is 6.38. The van der Waals surface area contributed by atoms with E-state index in [4.69, 9.17) is 5.73 Å². The molecule has 18 heavy (non-hydrogen) atoms. The normalized spacial score (nSPS) is 28.3. The van der Waals surface area contributed by atoms with Gasteiger partial charge in [0.2, 0.25) is 0 Å². The second-order valence-electron chi connectivity index (χ2n) is 6.08. The molecule has 0 saturated heterocycles. The van der Waals surface area contributed by atoms with Crippen molar-refractivity contribution in [1.29, 1.82) is 0 Å². The Morgan fingerprint density at radius 1 is 1.28 bits per heavy atom. The molecule has 3 unspecified atom stereocenters. The van der Waals surface area contributed by atoms with E-state index in [1.54, 1.807) is 0 Å². The second-order valence-corrected chi connectivity index (χ2v) is 6.08. The van der Waals surface area contributed by atoms with Crippen molar-refractivity contribution < 1.29 is 0 Å². The molecule has 0 aromatic heterocycles. The van der Waals surface area contributed by atoms with E-state index in [0.717, 1.165) is 5.92 Å². The van der Waals surface area contributed by atoms with E-state index in [9.17, 15) is 0 Å². The maximum atomic E-state index is 6.32. The maximum Gasteiger partial charge on any atom is 0.00705 e. The lowest BCUT2D eigenvalue weighted by molar-refractivity contribution is 0.221. The lowest BCUT2D eigenvalue weighted by Crippen LogP contribution is -2.37. The highest BCUT2D eigenvalue weighted by atomic mass is 14.7. The standard InChI is InChI=1S/C17H27N/c1-3-5-14-8-9-17(18)16(11-14)12-15-7-4-6-13(2)10-15/h4,6-7,10,14,16-17H,3,5,8-9,11-12,18H2,1-2H3. The number of aryl methyl sites for hydroxylation is 1. The lowest BCUT2D eigenvalue weighted by Gasteiger charge is -2.34. The van der Waals surface area contributed by atoms with Gasteiger partial charge in [-0.05, 0) is 50.0 Å². The summed E-state index contributed by atoms with van der Waals surface area (Å²) in [5, 5.41) is 0. The quantitative estimate of drug-likeness (QED) is 0.850. The van der Waals surface area contributed by atoms with Crippen molar-refractivity contribution in [3.05, 3.63) is 35.4 Å². The molecular formula is C17H27N. The molecule has 1 aromatic carbocycles. The molecule has 1 aliphatic rings. The first-order valence-corrected chi connectivity index (χ1v) is 7.50. The van der Waals surface area contributed by atoms with E-state index in [1.165, 1.54) is 49.7 Å². The first-order valence-electron chi connectivity index (χ1n) is 7.50. The van der Waals surface area contributed by atoms with Crippen LogP contribution in [0.5, 0.6) is 0 Å². The van der Waals surface area contributed by atoms with Crippen molar-refractivity contribution in [3.8, 4) is 0 Å². The van der Waals surface area contributed by atoms with Crippen LogP contribution < -0.4 is 5.73 Å². The van der Waals surface area contributed by atoms with E-state index >= 15 is 0 Å². The van der Waals surface area contributed by atoms with Crippen LogP contribution in [-0.4, -0.2) is 6.04 Å². The molecule has 0 aliphatic heterocycles. The fraction of sp³-hybridized carbons (Fsp3) is 0.647. The highest BCUT2D eigenvalue weighted by Crippen LogP contribution is 2.33. The number of rotatable bonds is 4. The maximum absolute atomic E-state index is 6.32. The van der Waals surface area contributed by atoms with Gasteiger partial charge in [0.05, 0.1) is 0 Å². The number of hydrogen-bond acceptors (Lipinski definition) is 1. The third kappa shape index (κ3) is 3.58. The summed E-state index contributed by atoms with van der Waals surface area (Å²) in [4.78, 5) is 0. The van der Waals surface area contributed by atoms with Gasteiger partial charge in [0, 0.05) is 6.04 Å². The van der Waals surface area contributed by atoms with Crippen LogP contribution in [-0.2, 0) is 6.42 Å². The Kier molecular flexibility index (Phi) is 4.82. The Bertz CT molecular complexity index is 372. The average Bonchev–Trinajstić information content (AvgIpc) is 2.34. The van der Waals surface area contributed by atoms with Gasteiger partial charge in [0.1, 0.15) is 0 Å². The Hall–Kier alpha value is -0.820. The fourth-order valence-corrected chi connectivity index (χ4v) is 3.43. The van der Waals surface area contributed by atoms with Crippen LogP contribution >= 0.6 is 0 Å². The topological polar surface area (TPSA) is 26.0 Å². The Labute approximate surface area is 112 Å². The van der Waals surface area contributed by atoms with Gasteiger partial charge in [-0.15, -0.1) is 0 Å². The molecule has 2 rings (SSSR count). The zero-order chi connectivity index (χ0) is 13.0. The van der Waals surface area contributed by atoms with E-state index in [2.05, 4.69) is 38.1 Å². The van der Waals surface area contributed by atoms with Crippen LogP contribution in [0.2, 0.25) is 0 Å². The summed E-state index contributed by atoms with van der Waals surface area (Å²) in [6.07, 6.45) is 7.78. The molecule has 1 aliphatic carbocycles. The van der Waals surface area contributed by atoms with Crippen molar-refractivity contribution in [3.63, 3.8) is 0 Å². The van der Waals surface area contributed by atoms with Crippen LogP contribution in [0.25, 0.3) is 0 Å². The zero-order valence-corrected chi connectivity index (χ0v) is 11.9. The van der Waals surface area contributed by atoms with Crippen LogP contribution in [0, 0.1) is 18.8 Å². The molecule has 3 atom stereocenters. The van der Waals surface area contributed by atoms with Gasteiger partial charge in [-0.25, -0.2) is 0 Å². The van der Waals surface area contributed by atoms with Gasteiger partial charge in [-0.1, -0.05) is 49.6 Å². The molecule has 2 N–H and O–H groups in total. The van der Waals surface area contributed by atoms with Gasteiger partial charge >= 0.3 is 0 Å². The Balaban J connectivity index is 1.98. The first-order chi connectivity index (χ1) is 8.69. The van der Waals surface area contributed by atoms with Gasteiger partial charge < -0.3 is 5.73 Å². The molecule has 1 nitrogen and oxygen atoms in total. The number of benzene rings is 1. The monoisotopic (exact) mass is 245 g/mol. The van der Waals surface area contributed by atoms with Gasteiger partial charge in [0.25, 0.3) is 0 Å². The molecule has 1 aromatic rings. The first kappa shape index (κ1) is 13.6. The van der Waals surface area contributed by atoms with Crippen molar-refractivity contribution in [2.75, 3.05) is 0 Å². The highest BCUT2D eigenvalue weighted by molar-refractivity contribution is 5.22. The summed E-state index contributed by atoms with van der Waals surface area (Å²) in [5.74, 6) is 1.61. The SMILES string of the molecule is CCCC1CCC(N)C(Cc2cccc(C)c2)C1. The van der Waals surface area contributed by atoms with E-state index in [-0.39, 0.29) is 0 Å². The van der Waals surface area contributed by atoms with Crippen LogP contribution in [0.3, 0.4) is 0 Å². The van der Waals surface area contributed by atoms with Crippen molar-refractivity contribution in [2.24, 2.45) is 17.6 Å². The third-order valence-corrected chi connectivity index (χ3v) is 4.43. The van der Waals surface area contributed by atoms with Crippen molar-refractivity contribution in [2.45, 2.75) is 58.4 Å². The van der Waals surface area contributed by atoms with Crippen molar-refractivity contribution in [1.82, 2.24) is 0 Å². The molecule has 0 radical (unpaired) electrons. The highest BCUT2D eigenvalue weighted by Gasteiger charge is 2.27. The largest absolute Gasteiger partial charge is 0.327 e. The Morgan fingerprint density at radius 2 is 2.11 bits per heavy atom. The summed E-state index contributed by atoms with van der Waals surface area (Å²) in [7, 11) is 0. The molecule has 1 heteroatoms. The van der Waals surface area contributed by atoms with Crippen molar-refractivity contribution >= 4 is 0 Å². The molecule has 0 spiro atoms. The lowest BCUT2D eigenvalue weighted by atomic mass is 9.74. The van der Waals surface area contributed by atoms with Gasteiger partial charge in [-0.2, -0.15) is 0 Å². The minimum atomic E-state index is 0.415. The molecule has 1 saturated carbocycles. The molecule has 100 valence electrons. The molecular weight excluding hydrogens is 218 g/mol. The molecule has 0 amide bonds. The Morgan fingerprint density at radius 3 is 2.83 bits per heavy atom. The van der Waals surface area contributed by atoms with E-state index in [0.29, 0.717) is 12.0 Å². The smallest absolute Gasteiger partial charge is 0.00705 e. The third-order valence-electron chi connectivity index (χ3n) is 4.43. The molecule has 0 heterocycles. The summed E-state index contributed by atoms with van der Waals surface area (Å²) in [5.41, 5.74) is 9.15. The number of hydrogen-bond donors (Lipinski definition) is 1. The van der Waals surface area contributed by atoms with E-state index in [1.807, 2.05) is 0 Å². The summed E-state index contributed by atoms with van der Waals surface area (Å²) < 4.78 is 0. The predicted molar refractivity (Wildman–Crippen MR) is 78.6 cm³/mol. The fourth-order valence-electron chi connectivity index (χ4n) is 3.43. The number of nitrogens with two attached hydrogens (primary N) is 1. The summed E-state index contributed by atoms with van der Waals surface area (Å²) in [6.45, 7) is 4.47. The van der Waals surface area contributed by atoms with E-state index < -0.39 is 0 Å². The summed E-state index contributed by atoms with van der Waals surface area (Å²) >= 11 is 0. The molecule has 1 fully saturated rings.